The number of carbonyl (C=O) groups excluding carboxylic acids is 1. The van der Waals surface area contributed by atoms with E-state index in [-0.39, 0.29) is 11.5 Å². The van der Waals surface area contributed by atoms with Crippen LogP contribution in [0.3, 0.4) is 0 Å². The fraction of sp³-hybridized carbons (Fsp3) is 0.316. The summed E-state index contributed by atoms with van der Waals surface area (Å²) in [4.78, 5) is 13.1. The van der Waals surface area contributed by atoms with Crippen LogP contribution in [-0.4, -0.2) is 16.6 Å². The Hall–Kier alpha value is -1.45. The second kappa shape index (κ2) is 9.64. The van der Waals surface area contributed by atoms with Gasteiger partial charge in [0.05, 0.1) is 0 Å². The Kier molecular flexibility index (Phi) is 7.50. The Morgan fingerprint density at radius 3 is 2.65 bits per heavy atom. The van der Waals surface area contributed by atoms with Gasteiger partial charge in [-0.25, -0.2) is 0 Å². The van der Waals surface area contributed by atoms with Crippen molar-refractivity contribution in [2.24, 2.45) is 0 Å². The van der Waals surface area contributed by atoms with E-state index in [4.69, 9.17) is 11.6 Å². The average Bonchev–Trinajstić information content (AvgIpc) is 2.53. The first-order valence-corrected chi connectivity index (χ1v) is 9.18. The molecule has 2 rings (SSSR count). The maximum Gasteiger partial charge on any atom is 0.137 e. The number of para-hydroxylation sites is 1. The second-order valence-corrected chi connectivity index (χ2v) is 7.07. The van der Waals surface area contributed by atoms with Crippen molar-refractivity contribution in [2.45, 2.75) is 37.0 Å². The summed E-state index contributed by atoms with van der Waals surface area (Å²) in [5.41, 5.74) is 0.717. The number of unbranched alkanes of at least 4 members (excludes halogenated alkanes) is 2. The molecule has 23 heavy (non-hydrogen) atoms. The average molecular weight is 349 g/mol. The first kappa shape index (κ1) is 17.9. The molecule has 0 amide bonds. The molecule has 0 fully saturated rings. The molecule has 0 saturated carbocycles. The molecule has 0 aliphatic rings. The summed E-state index contributed by atoms with van der Waals surface area (Å²) in [6.07, 6.45) is 3.93. The normalized spacial score (nSPS) is 10.7. The Bertz CT molecular complexity index is 643. The highest BCUT2D eigenvalue weighted by Crippen LogP contribution is 2.23. The second-order valence-electron chi connectivity index (χ2n) is 5.46. The molecule has 0 radical (unpaired) electrons. The fourth-order valence-corrected chi connectivity index (χ4v) is 3.53. The van der Waals surface area contributed by atoms with Gasteiger partial charge in [-0.2, -0.15) is 0 Å². The number of aromatic hydroxyl groups is 1. The molecule has 2 aromatic carbocycles. The lowest BCUT2D eigenvalue weighted by atomic mass is 10.0. The van der Waals surface area contributed by atoms with Gasteiger partial charge in [0.1, 0.15) is 11.5 Å². The molecule has 0 spiro atoms. The van der Waals surface area contributed by atoms with Crippen molar-refractivity contribution in [1.29, 1.82) is 0 Å². The van der Waals surface area contributed by atoms with Crippen molar-refractivity contribution in [1.82, 2.24) is 0 Å². The van der Waals surface area contributed by atoms with Crippen LogP contribution in [0.25, 0.3) is 0 Å². The number of rotatable bonds is 9. The Balaban J connectivity index is 1.58. The Morgan fingerprint density at radius 1 is 1.04 bits per heavy atom. The standard InChI is InChI=1S/C19H21ClO2S/c20-16-8-6-10-18(14-16)23-12-5-1-2-9-17(21)13-15-7-3-4-11-19(15)22/h3-4,6-8,10-11,14,22H,1-2,5,9,12-13H2. The monoisotopic (exact) mass is 348 g/mol. The SMILES string of the molecule is O=C(CCCCCSc1cccc(Cl)c1)Cc1ccccc1O. The van der Waals surface area contributed by atoms with Crippen LogP contribution in [0.15, 0.2) is 53.4 Å². The summed E-state index contributed by atoms with van der Waals surface area (Å²) in [6.45, 7) is 0. The van der Waals surface area contributed by atoms with Crippen LogP contribution >= 0.6 is 23.4 Å². The van der Waals surface area contributed by atoms with Crippen LogP contribution in [0.5, 0.6) is 5.75 Å². The van der Waals surface area contributed by atoms with Gasteiger partial charge in [-0.05, 0) is 42.9 Å². The van der Waals surface area contributed by atoms with Crippen LogP contribution in [0.4, 0.5) is 0 Å². The minimum atomic E-state index is 0.189. The van der Waals surface area contributed by atoms with E-state index in [0.717, 1.165) is 30.0 Å². The summed E-state index contributed by atoms with van der Waals surface area (Å²) in [5.74, 6) is 1.43. The third kappa shape index (κ3) is 6.67. The molecule has 122 valence electrons. The van der Waals surface area contributed by atoms with Gasteiger partial charge in [0.15, 0.2) is 0 Å². The highest BCUT2D eigenvalue weighted by molar-refractivity contribution is 7.99. The van der Waals surface area contributed by atoms with Crippen molar-refractivity contribution < 1.29 is 9.90 Å². The van der Waals surface area contributed by atoms with E-state index in [1.807, 2.05) is 24.3 Å². The van der Waals surface area contributed by atoms with Gasteiger partial charge < -0.3 is 5.11 Å². The largest absolute Gasteiger partial charge is 0.508 e. The van der Waals surface area contributed by atoms with Crippen LogP contribution in [0.2, 0.25) is 5.02 Å². The van der Waals surface area contributed by atoms with Gasteiger partial charge in [-0.1, -0.05) is 42.3 Å². The van der Waals surface area contributed by atoms with Crippen LogP contribution < -0.4 is 0 Å². The molecule has 2 aromatic rings. The van der Waals surface area contributed by atoms with Gasteiger partial charge in [-0.3, -0.25) is 4.79 Å². The highest BCUT2D eigenvalue weighted by atomic mass is 35.5. The maximum atomic E-state index is 11.9. The number of thioether (sulfide) groups is 1. The number of Topliss-reactive ketones (excluding diaryl/α,β-unsaturated/α-hetero) is 1. The molecule has 0 aliphatic heterocycles. The molecule has 0 heterocycles. The zero-order valence-corrected chi connectivity index (χ0v) is 14.6. The quantitative estimate of drug-likeness (QED) is 0.479. The van der Waals surface area contributed by atoms with Crippen molar-refractivity contribution in [2.75, 3.05) is 5.75 Å². The minimum absolute atomic E-state index is 0.189. The zero-order chi connectivity index (χ0) is 16.5. The van der Waals surface area contributed by atoms with Crippen molar-refractivity contribution >= 4 is 29.1 Å². The summed E-state index contributed by atoms with van der Waals surface area (Å²) in [7, 11) is 0. The van der Waals surface area contributed by atoms with Gasteiger partial charge in [-0.15, -0.1) is 11.8 Å². The lowest BCUT2D eigenvalue weighted by Gasteiger charge is -2.04. The summed E-state index contributed by atoms with van der Waals surface area (Å²) >= 11 is 7.75. The molecule has 0 atom stereocenters. The van der Waals surface area contributed by atoms with Gasteiger partial charge in [0, 0.05) is 28.3 Å². The first-order valence-electron chi connectivity index (χ1n) is 7.82. The molecule has 0 aliphatic carbocycles. The van der Waals surface area contributed by atoms with E-state index >= 15 is 0 Å². The van der Waals surface area contributed by atoms with E-state index in [9.17, 15) is 9.90 Å². The molecule has 4 heteroatoms. The number of benzene rings is 2. The summed E-state index contributed by atoms with van der Waals surface area (Å²) < 4.78 is 0. The lowest BCUT2D eigenvalue weighted by Crippen LogP contribution is -2.02. The number of ketones is 1. The van der Waals surface area contributed by atoms with E-state index in [1.165, 1.54) is 4.90 Å². The molecule has 2 nitrogen and oxygen atoms in total. The van der Waals surface area contributed by atoms with Crippen LogP contribution in [0, 0.1) is 0 Å². The molecular weight excluding hydrogens is 328 g/mol. The summed E-state index contributed by atoms with van der Waals surface area (Å²) in [6, 6.07) is 14.9. The van der Waals surface area contributed by atoms with Gasteiger partial charge >= 0.3 is 0 Å². The lowest BCUT2D eigenvalue weighted by molar-refractivity contribution is -0.118. The number of halogens is 1. The van der Waals surface area contributed by atoms with Crippen molar-refractivity contribution in [3.8, 4) is 5.75 Å². The molecule has 0 unspecified atom stereocenters. The highest BCUT2D eigenvalue weighted by Gasteiger charge is 2.07. The van der Waals surface area contributed by atoms with Crippen molar-refractivity contribution in [3.05, 3.63) is 59.1 Å². The topological polar surface area (TPSA) is 37.3 Å². The number of hydrogen-bond donors (Lipinski definition) is 1. The van der Waals surface area contributed by atoms with E-state index < -0.39 is 0 Å². The predicted octanol–water partition coefficient (Wildman–Crippen LogP) is 5.51. The minimum Gasteiger partial charge on any atom is -0.508 e. The number of hydrogen-bond acceptors (Lipinski definition) is 3. The Morgan fingerprint density at radius 2 is 1.87 bits per heavy atom. The van der Waals surface area contributed by atoms with E-state index in [0.29, 0.717) is 18.4 Å². The van der Waals surface area contributed by atoms with Crippen molar-refractivity contribution in [3.63, 3.8) is 0 Å². The van der Waals surface area contributed by atoms with E-state index in [2.05, 4.69) is 6.07 Å². The first-order chi connectivity index (χ1) is 11.1. The van der Waals surface area contributed by atoms with Crippen LogP contribution in [-0.2, 0) is 11.2 Å². The number of carbonyl (C=O) groups is 1. The Labute approximate surface area is 146 Å². The number of phenols is 1. The molecule has 0 bridgehead atoms. The van der Waals surface area contributed by atoms with Gasteiger partial charge in [0.25, 0.3) is 0 Å². The molecule has 0 aromatic heterocycles. The predicted molar refractivity (Wildman–Crippen MR) is 97.5 cm³/mol. The molecule has 0 saturated heterocycles. The molecule has 1 N–H and O–H groups in total. The van der Waals surface area contributed by atoms with E-state index in [1.54, 1.807) is 30.0 Å². The third-order valence-corrected chi connectivity index (χ3v) is 4.86. The fourth-order valence-electron chi connectivity index (χ4n) is 2.31. The third-order valence-electron chi connectivity index (χ3n) is 3.54. The molecular formula is C19H21ClO2S. The number of phenolic OH excluding ortho intramolecular Hbond substituents is 1. The van der Waals surface area contributed by atoms with Crippen LogP contribution in [0.1, 0.15) is 31.2 Å². The van der Waals surface area contributed by atoms with Gasteiger partial charge in [0.2, 0.25) is 0 Å². The zero-order valence-electron chi connectivity index (χ0n) is 13.0. The summed E-state index contributed by atoms with van der Waals surface area (Å²) in [5, 5.41) is 10.4. The maximum absolute atomic E-state index is 11.9. The smallest absolute Gasteiger partial charge is 0.137 e.